The van der Waals surface area contributed by atoms with Crippen LogP contribution in [0, 0.1) is 6.92 Å². The fraction of sp³-hybridized carbons (Fsp3) is 0.318. The lowest BCUT2D eigenvalue weighted by molar-refractivity contribution is -0.0367. The summed E-state index contributed by atoms with van der Waals surface area (Å²) < 4.78 is 7.77. The van der Waals surface area contributed by atoms with Crippen LogP contribution in [0.3, 0.4) is 0 Å². The van der Waals surface area contributed by atoms with Crippen molar-refractivity contribution in [3.05, 3.63) is 60.4 Å². The highest BCUT2D eigenvalue weighted by Gasteiger charge is 2.35. The predicted molar refractivity (Wildman–Crippen MR) is 113 cm³/mol. The van der Waals surface area contributed by atoms with Gasteiger partial charge in [-0.05, 0) is 44.5 Å². The standard InChI is InChI=1S/C22H23N7O/c1-15-10-24-13-18(27-15)17-9-19-16(11-25-17)12-26-29(19)21-6-3-5-20(28-21)22(30-2)7-4-8-23-14-22/h3,5-6,9-13,23H,4,7-8,14H2,1-2H3. The van der Waals surface area contributed by atoms with E-state index in [9.17, 15) is 0 Å². The molecule has 0 bridgehead atoms. The molecule has 0 spiro atoms. The molecule has 0 aliphatic carbocycles. The lowest BCUT2D eigenvalue weighted by atomic mass is 9.90. The normalized spacial score (nSPS) is 19.3. The summed E-state index contributed by atoms with van der Waals surface area (Å²) in [6.45, 7) is 3.67. The van der Waals surface area contributed by atoms with E-state index >= 15 is 0 Å². The Morgan fingerprint density at radius 3 is 2.83 bits per heavy atom. The first-order chi connectivity index (χ1) is 14.7. The Labute approximate surface area is 174 Å². The number of pyridine rings is 2. The fourth-order valence-corrected chi connectivity index (χ4v) is 4.00. The van der Waals surface area contributed by atoms with E-state index in [-0.39, 0.29) is 0 Å². The molecule has 0 amide bonds. The molecule has 0 saturated carbocycles. The Balaban J connectivity index is 1.59. The maximum absolute atomic E-state index is 5.93. The Morgan fingerprint density at radius 2 is 2.03 bits per heavy atom. The molecule has 1 aliphatic heterocycles. The number of nitrogens with zero attached hydrogens (tertiary/aromatic N) is 6. The number of piperidine rings is 1. The maximum Gasteiger partial charge on any atom is 0.154 e. The van der Waals surface area contributed by atoms with Crippen LogP contribution in [-0.2, 0) is 10.3 Å². The zero-order chi connectivity index (χ0) is 20.6. The summed E-state index contributed by atoms with van der Waals surface area (Å²) in [6, 6.07) is 7.98. The zero-order valence-electron chi connectivity index (χ0n) is 17.0. The van der Waals surface area contributed by atoms with E-state index in [2.05, 4.69) is 25.4 Å². The van der Waals surface area contributed by atoms with Crippen LogP contribution in [0.15, 0.2) is 49.1 Å². The number of fused-ring (bicyclic) bond motifs is 1. The first-order valence-electron chi connectivity index (χ1n) is 10.1. The van der Waals surface area contributed by atoms with Crippen LogP contribution < -0.4 is 5.32 Å². The van der Waals surface area contributed by atoms with Crippen LogP contribution in [0.5, 0.6) is 0 Å². The molecule has 30 heavy (non-hydrogen) atoms. The third-order valence-corrected chi connectivity index (χ3v) is 5.62. The molecule has 4 aromatic heterocycles. The lowest BCUT2D eigenvalue weighted by Crippen LogP contribution is -2.45. The summed E-state index contributed by atoms with van der Waals surface area (Å²) in [5.41, 5.74) is 3.75. The highest BCUT2D eigenvalue weighted by Crippen LogP contribution is 2.31. The Hall–Kier alpha value is -3.23. The van der Waals surface area contributed by atoms with Gasteiger partial charge in [-0.1, -0.05) is 6.07 Å². The smallest absolute Gasteiger partial charge is 0.154 e. The molecule has 0 radical (unpaired) electrons. The van der Waals surface area contributed by atoms with Gasteiger partial charge in [0, 0.05) is 31.4 Å². The van der Waals surface area contributed by atoms with Crippen molar-refractivity contribution in [3.63, 3.8) is 0 Å². The van der Waals surface area contributed by atoms with Crippen molar-refractivity contribution < 1.29 is 4.74 Å². The van der Waals surface area contributed by atoms with Crippen LogP contribution in [-0.4, -0.2) is 49.9 Å². The molecule has 1 N–H and O–H groups in total. The summed E-state index contributed by atoms with van der Waals surface area (Å²) in [4.78, 5) is 18.2. The first kappa shape index (κ1) is 18.8. The van der Waals surface area contributed by atoms with Gasteiger partial charge in [0.2, 0.25) is 0 Å². The number of rotatable bonds is 4. The summed E-state index contributed by atoms with van der Waals surface area (Å²) >= 11 is 0. The molecule has 0 aromatic carbocycles. The van der Waals surface area contributed by atoms with Crippen molar-refractivity contribution in [2.75, 3.05) is 20.2 Å². The van der Waals surface area contributed by atoms with Crippen molar-refractivity contribution in [1.29, 1.82) is 0 Å². The van der Waals surface area contributed by atoms with Crippen molar-refractivity contribution in [2.45, 2.75) is 25.4 Å². The molecular weight excluding hydrogens is 378 g/mol. The average Bonchev–Trinajstić information content (AvgIpc) is 3.23. The summed E-state index contributed by atoms with van der Waals surface area (Å²) in [5, 5.41) is 8.94. The molecule has 1 aliphatic rings. The second-order valence-corrected chi connectivity index (χ2v) is 7.59. The van der Waals surface area contributed by atoms with E-state index < -0.39 is 5.60 Å². The van der Waals surface area contributed by atoms with Crippen LogP contribution in [0.2, 0.25) is 0 Å². The number of aromatic nitrogens is 6. The predicted octanol–water partition coefficient (Wildman–Crippen LogP) is 2.81. The largest absolute Gasteiger partial charge is 0.371 e. The molecule has 1 atom stereocenters. The molecule has 1 saturated heterocycles. The third kappa shape index (κ3) is 3.24. The summed E-state index contributed by atoms with van der Waals surface area (Å²) in [5.74, 6) is 0.747. The average molecular weight is 401 g/mol. The second-order valence-electron chi connectivity index (χ2n) is 7.59. The number of ether oxygens (including phenoxy) is 1. The minimum atomic E-state index is -0.416. The Kier molecular flexibility index (Phi) is 4.72. The van der Waals surface area contributed by atoms with Crippen LogP contribution in [0.4, 0.5) is 0 Å². The summed E-state index contributed by atoms with van der Waals surface area (Å²) in [6.07, 6.45) is 9.05. The lowest BCUT2D eigenvalue weighted by Gasteiger charge is -2.36. The van der Waals surface area contributed by atoms with Crippen LogP contribution >= 0.6 is 0 Å². The van der Waals surface area contributed by atoms with Gasteiger partial charge < -0.3 is 10.1 Å². The van der Waals surface area contributed by atoms with Gasteiger partial charge in [0.25, 0.3) is 0 Å². The highest BCUT2D eigenvalue weighted by molar-refractivity contribution is 5.82. The third-order valence-electron chi connectivity index (χ3n) is 5.62. The van der Waals surface area contributed by atoms with Gasteiger partial charge in [-0.3, -0.25) is 9.97 Å². The van der Waals surface area contributed by atoms with Gasteiger partial charge in [-0.25, -0.2) is 14.6 Å². The Bertz CT molecular complexity index is 1200. The van der Waals surface area contributed by atoms with Crippen molar-refractivity contribution in [3.8, 4) is 17.2 Å². The maximum atomic E-state index is 5.93. The highest BCUT2D eigenvalue weighted by atomic mass is 16.5. The molecular formula is C22H23N7O. The van der Waals surface area contributed by atoms with E-state index in [0.29, 0.717) is 0 Å². The van der Waals surface area contributed by atoms with Gasteiger partial charge in [-0.2, -0.15) is 5.10 Å². The molecule has 8 heteroatoms. The van der Waals surface area contributed by atoms with E-state index in [4.69, 9.17) is 9.72 Å². The van der Waals surface area contributed by atoms with Gasteiger partial charge in [0.1, 0.15) is 11.3 Å². The fourth-order valence-electron chi connectivity index (χ4n) is 4.00. The molecule has 1 unspecified atom stereocenters. The molecule has 152 valence electrons. The van der Waals surface area contributed by atoms with E-state index in [1.165, 1.54) is 0 Å². The minimum absolute atomic E-state index is 0.416. The number of methoxy groups -OCH3 is 1. The van der Waals surface area contributed by atoms with Crippen molar-refractivity contribution in [2.24, 2.45) is 0 Å². The molecule has 5 heterocycles. The van der Waals surface area contributed by atoms with E-state index in [1.807, 2.05) is 42.1 Å². The van der Waals surface area contributed by atoms with Crippen molar-refractivity contribution in [1.82, 2.24) is 35.0 Å². The van der Waals surface area contributed by atoms with Gasteiger partial charge in [0.15, 0.2) is 5.82 Å². The first-order valence-corrected chi connectivity index (χ1v) is 10.1. The number of hydrogen-bond acceptors (Lipinski definition) is 7. The van der Waals surface area contributed by atoms with Gasteiger partial charge in [-0.15, -0.1) is 0 Å². The van der Waals surface area contributed by atoms with Gasteiger partial charge >= 0.3 is 0 Å². The molecule has 5 rings (SSSR count). The molecule has 4 aromatic rings. The van der Waals surface area contributed by atoms with E-state index in [1.54, 1.807) is 25.7 Å². The SMILES string of the molecule is COC1(c2cccc(-n3ncc4cnc(-c5cncc(C)n5)cc43)n2)CCCNC1. The molecule has 1 fully saturated rings. The molecule has 8 nitrogen and oxygen atoms in total. The van der Waals surface area contributed by atoms with Crippen molar-refractivity contribution >= 4 is 10.9 Å². The van der Waals surface area contributed by atoms with Crippen LogP contribution in [0.25, 0.3) is 28.1 Å². The summed E-state index contributed by atoms with van der Waals surface area (Å²) in [7, 11) is 1.76. The number of aryl methyl sites for hydroxylation is 1. The number of hydrogen-bond donors (Lipinski definition) is 1. The topological polar surface area (TPSA) is 90.6 Å². The zero-order valence-corrected chi connectivity index (χ0v) is 17.0. The van der Waals surface area contributed by atoms with E-state index in [0.717, 1.165) is 65.4 Å². The number of nitrogens with one attached hydrogen (secondary N) is 1. The van der Waals surface area contributed by atoms with Crippen LogP contribution in [0.1, 0.15) is 24.2 Å². The Morgan fingerprint density at radius 1 is 1.10 bits per heavy atom. The van der Waals surface area contributed by atoms with Gasteiger partial charge in [0.05, 0.1) is 35.0 Å². The second kappa shape index (κ2) is 7.55. The quantitative estimate of drug-likeness (QED) is 0.562. The minimum Gasteiger partial charge on any atom is -0.371 e. The monoisotopic (exact) mass is 401 g/mol.